The predicted molar refractivity (Wildman–Crippen MR) is 99.2 cm³/mol. The van der Waals surface area contributed by atoms with Gasteiger partial charge in [0.15, 0.2) is 0 Å². The Hall–Kier alpha value is -1.57. The Kier molecular flexibility index (Phi) is 5.66. The van der Waals surface area contributed by atoms with Gasteiger partial charge in [-0.2, -0.15) is 4.31 Å². The fraction of sp³-hybridized carbons (Fsp3) is 0.444. The molecule has 0 atom stereocenters. The van der Waals surface area contributed by atoms with Gasteiger partial charge in [-0.3, -0.25) is 4.79 Å². The van der Waals surface area contributed by atoms with Crippen molar-refractivity contribution in [3.63, 3.8) is 0 Å². The molecule has 1 aliphatic rings. The Balaban J connectivity index is 1.77. The number of aromatic nitrogens is 1. The summed E-state index contributed by atoms with van der Waals surface area (Å²) in [5.74, 6) is 0.170. The minimum Gasteiger partial charge on any atom is -0.299 e. The molecule has 25 heavy (non-hydrogen) atoms. The first-order chi connectivity index (χ1) is 12.0. The summed E-state index contributed by atoms with van der Waals surface area (Å²) in [6, 6.07) is 6.87. The second kappa shape index (κ2) is 7.76. The Labute approximate surface area is 152 Å². The Morgan fingerprint density at radius 3 is 2.48 bits per heavy atom. The molecule has 5 nitrogen and oxygen atoms in total. The molecule has 134 valence electrons. The fourth-order valence-electron chi connectivity index (χ4n) is 2.87. The standard InChI is InChI=1S/C18H22N2O3S2/c1-2-15(21)12-18-19-17(13-24-18)14-6-8-16(9-7-14)25(22,23)20-10-4-3-5-11-20/h6-9,13H,2-5,10-12H2,1H3. The average molecular weight is 379 g/mol. The van der Waals surface area contributed by atoms with Crippen LogP contribution in [0.2, 0.25) is 0 Å². The molecule has 0 aliphatic carbocycles. The normalized spacial score (nSPS) is 16.0. The number of ketones is 1. The maximum Gasteiger partial charge on any atom is 0.243 e. The van der Waals surface area contributed by atoms with Gasteiger partial charge >= 0.3 is 0 Å². The molecule has 1 aromatic carbocycles. The topological polar surface area (TPSA) is 67.3 Å². The molecule has 0 bridgehead atoms. The van der Waals surface area contributed by atoms with Crippen LogP contribution in [-0.4, -0.2) is 36.6 Å². The van der Waals surface area contributed by atoms with E-state index in [2.05, 4.69) is 4.98 Å². The molecule has 1 aromatic heterocycles. The lowest BCUT2D eigenvalue weighted by Gasteiger charge is -2.25. The van der Waals surface area contributed by atoms with Crippen LogP contribution in [0.25, 0.3) is 11.3 Å². The number of benzene rings is 1. The van der Waals surface area contributed by atoms with Crippen molar-refractivity contribution in [1.29, 1.82) is 0 Å². The van der Waals surface area contributed by atoms with Crippen LogP contribution >= 0.6 is 11.3 Å². The SMILES string of the molecule is CCC(=O)Cc1nc(-c2ccc(S(=O)(=O)N3CCCCC3)cc2)cs1. The van der Waals surface area contributed by atoms with Crippen LogP contribution in [0.5, 0.6) is 0 Å². The largest absolute Gasteiger partial charge is 0.299 e. The number of piperidine rings is 1. The lowest BCUT2D eigenvalue weighted by atomic mass is 10.2. The molecule has 0 saturated carbocycles. The van der Waals surface area contributed by atoms with Crippen LogP contribution in [-0.2, 0) is 21.2 Å². The first-order valence-electron chi connectivity index (χ1n) is 8.57. The summed E-state index contributed by atoms with van der Waals surface area (Å²) in [6.45, 7) is 3.05. The first-order valence-corrected chi connectivity index (χ1v) is 10.9. The van der Waals surface area contributed by atoms with E-state index in [1.54, 1.807) is 28.6 Å². The summed E-state index contributed by atoms with van der Waals surface area (Å²) in [5.41, 5.74) is 1.65. The summed E-state index contributed by atoms with van der Waals surface area (Å²) in [4.78, 5) is 16.3. The maximum absolute atomic E-state index is 12.7. The number of rotatable bonds is 6. The number of thiazole rings is 1. The number of hydrogen-bond donors (Lipinski definition) is 0. The van der Waals surface area contributed by atoms with Gasteiger partial charge in [-0.1, -0.05) is 25.5 Å². The van der Waals surface area contributed by atoms with Gasteiger partial charge in [0.05, 0.1) is 17.0 Å². The smallest absolute Gasteiger partial charge is 0.243 e. The quantitative estimate of drug-likeness (QED) is 0.771. The number of carbonyl (C=O) groups is 1. The van der Waals surface area contributed by atoms with Crippen molar-refractivity contribution < 1.29 is 13.2 Å². The number of Topliss-reactive ketones (excluding diaryl/α,β-unsaturated/α-hetero) is 1. The van der Waals surface area contributed by atoms with E-state index in [0.717, 1.165) is 35.5 Å². The van der Waals surface area contributed by atoms with Crippen molar-refractivity contribution >= 4 is 27.1 Å². The van der Waals surface area contributed by atoms with Crippen molar-refractivity contribution in [2.75, 3.05) is 13.1 Å². The highest BCUT2D eigenvalue weighted by Gasteiger charge is 2.25. The Morgan fingerprint density at radius 1 is 1.16 bits per heavy atom. The van der Waals surface area contributed by atoms with Gasteiger partial charge in [0.25, 0.3) is 0 Å². The Morgan fingerprint density at radius 2 is 1.84 bits per heavy atom. The predicted octanol–water partition coefficient (Wildman–Crippen LogP) is 3.51. The second-order valence-electron chi connectivity index (χ2n) is 6.18. The van der Waals surface area contributed by atoms with Crippen molar-refractivity contribution in [2.24, 2.45) is 0 Å². The molecule has 7 heteroatoms. The van der Waals surface area contributed by atoms with E-state index in [1.807, 2.05) is 12.3 Å². The minimum absolute atomic E-state index is 0.170. The van der Waals surface area contributed by atoms with Gasteiger partial charge in [-0.05, 0) is 25.0 Å². The van der Waals surface area contributed by atoms with Gasteiger partial charge < -0.3 is 0 Å². The third-order valence-corrected chi connectivity index (χ3v) is 7.16. The number of carbonyl (C=O) groups excluding carboxylic acids is 1. The molecule has 3 rings (SSSR count). The molecule has 1 fully saturated rings. The Bertz CT molecular complexity index is 835. The van der Waals surface area contributed by atoms with E-state index in [4.69, 9.17) is 0 Å². The third kappa shape index (κ3) is 4.16. The molecule has 0 spiro atoms. The molecule has 1 aliphatic heterocycles. The minimum atomic E-state index is -3.40. The molecular formula is C18H22N2O3S2. The summed E-state index contributed by atoms with van der Waals surface area (Å²) in [5, 5.41) is 2.71. The van der Waals surface area contributed by atoms with Crippen LogP contribution in [0, 0.1) is 0 Å². The van der Waals surface area contributed by atoms with Gasteiger partial charge in [0.1, 0.15) is 10.8 Å². The van der Waals surface area contributed by atoms with Gasteiger partial charge in [-0.15, -0.1) is 11.3 Å². The summed E-state index contributed by atoms with van der Waals surface area (Å²) < 4.78 is 26.9. The molecule has 0 N–H and O–H groups in total. The van der Waals surface area contributed by atoms with E-state index >= 15 is 0 Å². The number of sulfonamides is 1. The molecular weight excluding hydrogens is 356 g/mol. The lowest BCUT2D eigenvalue weighted by Crippen LogP contribution is -2.35. The fourth-order valence-corrected chi connectivity index (χ4v) is 5.22. The van der Waals surface area contributed by atoms with Crippen molar-refractivity contribution in [3.8, 4) is 11.3 Å². The maximum atomic E-state index is 12.7. The zero-order valence-electron chi connectivity index (χ0n) is 14.3. The van der Waals surface area contributed by atoms with Crippen LogP contribution in [0.4, 0.5) is 0 Å². The second-order valence-corrected chi connectivity index (χ2v) is 9.07. The molecule has 0 amide bonds. The molecule has 2 aromatic rings. The van der Waals surface area contributed by atoms with Crippen LogP contribution < -0.4 is 0 Å². The lowest BCUT2D eigenvalue weighted by molar-refractivity contribution is -0.118. The molecule has 0 radical (unpaired) electrons. The van der Waals surface area contributed by atoms with Crippen LogP contribution in [0.3, 0.4) is 0 Å². The zero-order chi connectivity index (χ0) is 17.9. The van der Waals surface area contributed by atoms with Gasteiger partial charge in [-0.25, -0.2) is 13.4 Å². The average Bonchev–Trinajstić information content (AvgIpc) is 3.11. The zero-order valence-corrected chi connectivity index (χ0v) is 15.9. The van der Waals surface area contributed by atoms with Crippen LogP contribution in [0.1, 0.15) is 37.6 Å². The summed E-state index contributed by atoms with van der Waals surface area (Å²) >= 11 is 1.46. The van der Waals surface area contributed by atoms with E-state index in [0.29, 0.717) is 30.8 Å². The highest BCUT2D eigenvalue weighted by atomic mass is 32.2. The number of nitrogens with zero attached hydrogens (tertiary/aromatic N) is 2. The van der Waals surface area contributed by atoms with Crippen molar-refractivity contribution in [2.45, 2.75) is 43.9 Å². The molecule has 2 heterocycles. The van der Waals surface area contributed by atoms with E-state index in [9.17, 15) is 13.2 Å². The molecule has 1 saturated heterocycles. The highest BCUT2D eigenvalue weighted by Crippen LogP contribution is 2.26. The third-order valence-electron chi connectivity index (χ3n) is 4.40. The van der Waals surface area contributed by atoms with Crippen molar-refractivity contribution in [3.05, 3.63) is 34.7 Å². The summed E-state index contributed by atoms with van der Waals surface area (Å²) in [6.07, 6.45) is 3.82. The first kappa shape index (κ1) is 18.2. The molecule has 0 unspecified atom stereocenters. The van der Waals surface area contributed by atoms with E-state index < -0.39 is 10.0 Å². The van der Waals surface area contributed by atoms with Gasteiger partial charge in [0, 0.05) is 30.5 Å². The van der Waals surface area contributed by atoms with E-state index in [1.165, 1.54) is 11.3 Å². The van der Waals surface area contributed by atoms with Crippen LogP contribution in [0.15, 0.2) is 34.5 Å². The highest BCUT2D eigenvalue weighted by molar-refractivity contribution is 7.89. The van der Waals surface area contributed by atoms with Gasteiger partial charge in [0.2, 0.25) is 10.0 Å². The monoisotopic (exact) mass is 378 g/mol. The van der Waals surface area contributed by atoms with Crippen molar-refractivity contribution in [1.82, 2.24) is 9.29 Å². The number of hydrogen-bond acceptors (Lipinski definition) is 5. The summed E-state index contributed by atoms with van der Waals surface area (Å²) in [7, 11) is -3.40. The van der Waals surface area contributed by atoms with E-state index in [-0.39, 0.29) is 5.78 Å².